The molecule has 1 aliphatic rings. The minimum absolute atomic E-state index is 0.0137. The molecule has 0 unspecified atom stereocenters. The van der Waals surface area contributed by atoms with Gasteiger partial charge in [-0.3, -0.25) is 4.79 Å². The Kier molecular flexibility index (Phi) is 7.51. The second-order valence-corrected chi connectivity index (χ2v) is 11.7. The lowest BCUT2D eigenvalue weighted by atomic mass is 9.81. The van der Waals surface area contributed by atoms with Crippen molar-refractivity contribution < 1.29 is 23.4 Å². The highest BCUT2D eigenvalue weighted by Crippen LogP contribution is 2.39. The minimum Gasteiger partial charge on any atom is -0.496 e. The van der Waals surface area contributed by atoms with Gasteiger partial charge in [0.15, 0.2) is 5.76 Å². The monoisotopic (exact) mass is 592 g/mol. The van der Waals surface area contributed by atoms with Crippen LogP contribution < -0.4 is 14.2 Å². The molecular formula is C28H28N6O5S2. The molecule has 1 amide bonds. The van der Waals surface area contributed by atoms with Gasteiger partial charge in [-0.25, -0.2) is 14.5 Å². The Balaban J connectivity index is 1.14. The van der Waals surface area contributed by atoms with Crippen molar-refractivity contribution in [3.8, 4) is 34.2 Å². The molecular weight excluding hydrogens is 564 g/mol. The number of benzene rings is 1. The molecule has 11 nitrogen and oxygen atoms in total. The van der Waals surface area contributed by atoms with E-state index in [0.717, 1.165) is 41.8 Å². The number of fused-ring (bicyclic) bond motifs is 2. The fraction of sp³-hybridized carbons (Fsp3) is 0.393. The van der Waals surface area contributed by atoms with Gasteiger partial charge < -0.3 is 23.5 Å². The van der Waals surface area contributed by atoms with E-state index in [4.69, 9.17) is 28.9 Å². The van der Waals surface area contributed by atoms with Gasteiger partial charge in [0, 0.05) is 36.4 Å². The number of carbonyl (C=O) groups excluding carboxylic acids is 1. The Morgan fingerprint density at radius 2 is 2.02 bits per heavy atom. The summed E-state index contributed by atoms with van der Waals surface area (Å²) in [6.07, 6.45) is 5.25. The number of ether oxygens (including phenoxy) is 3. The van der Waals surface area contributed by atoms with Gasteiger partial charge in [0.1, 0.15) is 35.9 Å². The number of amides is 1. The summed E-state index contributed by atoms with van der Waals surface area (Å²) in [5, 5.41) is 17.7. The second-order valence-electron chi connectivity index (χ2n) is 9.94. The van der Waals surface area contributed by atoms with E-state index in [0.29, 0.717) is 51.2 Å². The number of hydrogen-bond acceptors (Lipinski definition) is 11. The Bertz CT molecular complexity index is 1710. The molecule has 1 fully saturated rings. The van der Waals surface area contributed by atoms with Gasteiger partial charge in [0.05, 0.1) is 42.6 Å². The number of methoxy groups -OCH3 is 2. The number of nitrogens with zero attached hydrogens (tertiary/aromatic N) is 6. The van der Waals surface area contributed by atoms with Crippen LogP contribution in [0.4, 0.5) is 0 Å². The third-order valence-electron chi connectivity index (χ3n) is 7.32. The van der Waals surface area contributed by atoms with Crippen molar-refractivity contribution in [1.82, 2.24) is 24.5 Å². The molecule has 4 aromatic heterocycles. The van der Waals surface area contributed by atoms with Gasteiger partial charge in [-0.1, -0.05) is 0 Å². The molecule has 1 aromatic carbocycles. The van der Waals surface area contributed by atoms with Crippen molar-refractivity contribution in [2.45, 2.75) is 38.2 Å². The lowest BCUT2D eigenvalue weighted by Gasteiger charge is -2.28. The standard InChI is InChI=1S/C28H28N6O5S2/c1-33(9-8-29)26(35)17-6-4-16(5-7-17)25-30-18(15-40-25)14-38-22-10-19(36-2)11-23-20(22)12-24(39-23)21-13-34-27(31-21)41-28(32-34)37-3/h10-13,15-17H,4-7,9,14H2,1-3H3. The van der Waals surface area contributed by atoms with E-state index in [9.17, 15) is 4.79 Å². The Hall–Kier alpha value is -4.15. The average Bonchev–Trinajstić information content (AvgIpc) is 3.78. The second kappa shape index (κ2) is 11.4. The van der Waals surface area contributed by atoms with Crippen molar-refractivity contribution in [2.75, 3.05) is 27.8 Å². The number of hydrogen-bond donors (Lipinski definition) is 0. The van der Waals surface area contributed by atoms with Crippen LogP contribution >= 0.6 is 22.7 Å². The maximum absolute atomic E-state index is 12.5. The molecule has 6 rings (SSSR count). The van der Waals surface area contributed by atoms with Gasteiger partial charge in [-0.05, 0) is 43.1 Å². The Morgan fingerprint density at radius 1 is 1.20 bits per heavy atom. The first-order valence-corrected chi connectivity index (χ1v) is 14.9. The zero-order valence-corrected chi connectivity index (χ0v) is 24.5. The molecule has 13 heteroatoms. The topological polar surface area (TPSA) is 128 Å². The van der Waals surface area contributed by atoms with Gasteiger partial charge in [-0.2, -0.15) is 5.26 Å². The highest BCUT2D eigenvalue weighted by Gasteiger charge is 2.30. The largest absolute Gasteiger partial charge is 0.496 e. The smallest absolute Gasteiger partial charge is 0.294 e. The highest BCUT2D eigenvalue weighted by molar-refractivity contribution is 7.18. The van der Waals surface area contributed by atoms with Gasteiger partial charge in [0.25, 0.3) is 5.19 Å². The Morgan fingerprint density at radius 3 is 2.76 bits per heavy atom. The number of imidazole rings is 1. The molecule has 41 heavy (non-hydrogen) atoms. The lowest BCUT2D eigenvalue weighted by molar-refractivity contribution is -0.134. The fourth-order valence-corrected chi connectivity index (χ4v) is 6.82. The third kappa shape index (κ3) is 5.45. The Labute approximate surface area is 243 Å². The third-order valence-corrected chi connectivity index (χ3v) is 9.26. The maximum Gasteiger partial charge on any atom is 0.294 e. The number of aromatic nitrogens is 4. The van der Waals surface area contributed by atoms with Crippen molar-refractivity contribution in [3.63, 3.8) is 0 Å². The summed E-state index contributed by atoms with van der Waals surface area (Å²) in [5.74, 6) is 2.23. The summed E-state index contributed by atoms with van der Waals surface area (Å²) in [7, 11) is 4.88. The predicted molar refractivity (Wildman–Crippen MR) is 154 cm³/mol. The van der Waals surface area contributed by atoms with Crippen molar-refractivity contribution in [2.24, 2.45) is 5.92 Å². The van der Waals surface area contributed by atoms with Crippen LogP contribution in [0.1, 0.15) is 42.3 Å². The van der Waals surface area contributed by atoms with Crippen LogP contribution in [0, 0.1) is 17.2 Å². The van der Waals surface area contributed by atoms with Crippen molar-refractivity contribution in [1.29, 1.82) is 5.26 Å². The number of thiazole rings is 1. The zero-order valence-electron chi connectivity index (χ0n) is 22.8. The number of carbonyl (C=O) groups is 1. The first kappa shape index (κ1) is 27.0. The van der Waals surface area contributed by atoms with Crippen LogP contribution in [0.3, 0.4) is 0 Å². The molecule has 0 spiro atoms. The molecule has 212 valence electrons. The molecule has 0 bridgehead atoms. The van der Waals surface area contributed by atoms with Gasteiger partial charge >= 0.3 is 0 Å². The van der Waals surface area contributed by atoms with Crippen molar-refractivity contribution in [3.05, 3.63) is 40.5 Å². The first-order valence-electron chi connectivity index (χ1n) is 13.2. The molecule has 4 heterocycles. The van der Waals surface area contributed by atoms with Crippen LogP contribution in [0.25, 0.3) is 27.4 Å². The highest BCUT2D eigenvalue weighted by atomic mass is 32.1. The minimum atomic E-state index is -0.0137. The molecule has 1 aliphatic carbocycles. The molecule has 0 radical (unpaired) electrons. The summed E-state index contributed by atoms with van der Waals surface area (Å²) < 4.78 is 24.7. The number of rotatable bonds is 9. The lowest BCUT2D eigenvalue weighted by Crippen LogP contribution is -2.35. The summed E-state index contributed by atoms with van der Waals surface area (Å²) >= 11 is 2.99. The normalized spacial score (nSPS) is 17.0. The number of nitriles is 1. The van der Waals surface area contributed by atoms with Crippen molar-refractivity contribution >= 4 is 44.5 Å². The van der Waals surface area contributed by atoms with E-state index >= 15 is 0 Å². The molecule has 1 saturated carbocycles. The quantitative estimate of drug-likeness (QED) is 0.203. The summed E-state index contributed by atoms with van der Waals surface area (Å²) in [6, 6.07) is 7.62. The first-order chi connectivity index (χ1) is 19.9. The number of furan rings is 1. The molecule has 0 atom stereocenters. The zero-order chi connectivity index (χ0) is 28.5. The van der Waals surface area contributed by atoms with E-state index in [2.05, 4.69) is 10.1 Å². The van der Waals surface area contributed by atoms with E-state index in [1.807, 2.05) is 29.6 Å². The van der Waals surface area contributed by atoms with Crippen LogP contribution in [0.5, 0.6) is 16.7 Å². The van der Waals surface area contributed by atoms with Crippen LogP contribution in [-0.4, -0.2) is 58.2 Å². The maximum atomic E-state index is 12.5. The van der Waals surface area contributed by atoms with Gasteiger partial charge in [0.2, 0.25) is 10.9 Å². The van der Waals surface area contributed by atoms with E-state index in [1.54, 1.807) is 43.3 Å². The van der Waals surface area contributed by atoms with Crippen LogP contribution in [0.2, 0.25) is 0 Å². The van der Waals surface area contributed by atoms with Crippen LogP contribution in [-0.2, 0) is 11.4 Å². The van der Waals surface area contributed by atoms with Gasteiger partial charge in [-0.15, -0.1) is 16.4 Å². The summed E-state index contributed by atoms with van der Waals surface area (Å²) in [5.41, 5.74) is 2.14. The van der Waals surface area contributed by atoms with E-state index < -0.39 is 0 Å². The van der Waals surface area contributed by atoms with E-state index in [1.165, 1.54) is 16.2 Å². The SMILES string of the molecule is COc1cc(OCc2csc(C3CCC(C(=O)N(C)CC#N)CC3)n2)c2cc(-c3cn4nc(OC)sc4n3)oc2c1. The molecule has 0 aliphatic heterocycles. The predicted octanol–water partition coefficient (Wildman–Crippen LogP) is 5.51. The summed E-state index contributed by atoms with van der Waals surface area (Å²) in [6.45, 7) is 0.430. The molecule has 0 N–H and O–H groups in total. The van der Waals surface area contributed by atoms with Crippen LogP contribution in [0.15, 0.2) is 34.2 Å². The fourth-order valence-electron chi connectivity index (χ4n) is 5.14. The average molecular weight is 593 g/mol. The summed E-state index contributed by atoms with van der Waals surface area (Å²) in [4.78, 5) is 24.3. The molecule has 5 aromatic rings. The van der Waals surface area contributed by atoms with E-state index in [-0.39, 0.29) is 18.4 Å². The molecule has 0 saturated heterocycles.